The van der Waals surface area contributed by atoms with Crippen LogP contribution in [0.25, 0.3) is 0 Å². The Morgan fingerprint density at radius 3 is 2.21 bits per heavy atom. The number of alkyl halides is 3. The van der Waals surface area contributed by atoms with Crippen LogP contribution in [0.2, 0.25) is 0 Å². The van der Waals surface area contributed by atoms with E-state index in [9.17, 15) is 22.8 Å². The summed E-state index contributed by atoms with van der Waals surface area (Å²) in [5.41, 5.74) is 0.724. The fraction of sp³-hybridized carbons (Fsp3) is 0.125. The molecule has 0 aliphatic carbocycles. The van der Waals surface area contributed by atoms with Crippen molar-refractivity contribution in [1.82, 2.24) is 5.32 Å². The van der Waals surface area contributed by atoms with Gasteiger partial charge in [-0.1, -0.05) is 28.1 Å². The van der Waals surface area contributed by atoms with Crippen LogP contribution in [0, 0.1) is 0 Å². The molecule has 0 bridgehead atoms. The highest BCUT2D eigenvalue weighted by molar-refractivity contribution is 9.10. The van der Waals surface area contributed by atoms with Gasteiger partial charge in [0.1, 0.15) is 6.54 Å². The third kappa shape index (κ3) is 5.38. The van der Waals surface area contributed by atoms with Gasteiger partial charge in [0, 0.05) is 21.3 Å². The maximum absolute atomic E-state index is 12.1. The molecule has 0 aromatic heterocycles. The second-order valence-electron chi connectivity index (χ2n) is 4.84. The number of carbonyl (C=O) groups is 2. The minimum Gasteiger partial charge on any atom is -0.343 e. The lowest BCUT2D eigenvalue weighted by molar-refractivity contribution is -0.123. The monoisotopic (exact) mass is 400 g/mol. The van der Waals surface area contributed by atoms with Crippen LogP contribution in [-0.4, -0.2) is 24.5 Å². The Morgan fingerprint density at radius 1 is 0.958 bits per heavy atom. The van der Waals surface area contributed by atoms with Crippen LogP contribution in [0.15, 0.2) is 53.0 Å². The SMILES string of the molecule is O=C(NCC(F)(F)F)c1cccc(NC(=O)c2cccc(Br)c2)c1. The summed E-state index contributed by atoms with van der Waals surface area (Å²) in [6, 6.07) is 12.4. The van der Waals surface area contributed by atoms with Gasteiger partial charge < -0.3 is 10.6 Å². The summed E-state index contributed by atoms with van der Waals surface area (Å²) in [5.74, 6) is -1.27. The molecule has 0 heterocycles. The van der Waals surface area contributed by atoms with Gasteiger partial charge in [-0.2, -0.15) is 13.2 Å². The van der Waals surface area contributed by atoms with Crippen LogP contribution < -0.4 is 10.6 Å². The average Bonchev–Trinajstić information content (AvgIpc) is 2.52. The lowest BCUT2D eigenvalue weighted by Crippen LogP contribution is -2.33. The first kappa shape index (κ1) is 18.0. The molecule has 126 valence electrons. The van der Waals surface area contributed by atoms with E-state index in [1.54, 1.807) is 29.6 Å². The first-order valence-electron chi connectivity index (χ1n) is 6.76. The molecule has 8 heteroatoms. The van der Waals surface area contributed by atoms with E-state index in [0.29, 0.717) is 11.3 Å². The molecule has 0 spiro atoms. The average molecular weight is 401 g/mol. The zero-order chi connectivity index (χ0) is 17.7. The van der Waals surface area contributed by atoms with Gasteiger partial charge >= 0.3 is 6.18 Å². The lowest BCUT2D eigenvalue weighted by Gasteiger charge is -2.10. The Kier molecular flexibility index (Phi) is 5.61. The number of carbonyl (C=O) groups excluding carboxylic acids is 2. The summed E-state index contributed by atoms with van der Waals surface area (Å²) in [6.07, 6.45) is -4.48. The number of benzene rings is 2. The lowest BCUT2D eigenvalue weighted by atomic mass is 10.1. The Morgan fingerprint density at radius 2 is 1.58 bits per heavy atom. The van der Waals surface area contributed by atoms with Crippen LogP contribution >= 0.6 is 15.9 Å². The Bertz CT molecular complexity index is 763. The molecule has 0 radical (unpaired) electrons. The zero-order valence-corrected chi connectivity index (χ0v) is 13.7. The van der Waals surface area contributed by atoms with Crippen LogP contribution in [0.5, 0.6) is 0 Å². The second kappa shape index (κ2) is 7.48. The summed E-state index contributed by atoms with van der Waals surface area (Å²) in [4.78, 5) is 23.8. The fourth-order valence-corrected chi connectivity index (χ4v) is 2.25. The molecule has 0 aliphatic heterocycles. The summed E-state index contributed by atoms with van der Waals surface area (Å²) in [5, 5.41) is 4.37. The van der Waals surface area contributed by atoms with Crippen molar-refractivity contribution in [2.24, 2.45) is 0 Å². The summed E-state index contributed by atoms with van der Waals surface area (Å²) >= 11 is 3.25. The minimum absolute atomic E-state index is 0.0197. The van der Waals surface area contributed by atoms with Crippen molar-refractivity contribution < 1.29 is 22.8 Å². The van der Waals surface area contributed by atoms with E-state index in [0.717, 1.165) is 4.47 Å². The van der Waals surface area contributed by atoms with Crippen molar-refractivity contribution in [3.8, 4) is 0 Å². The molecule has 2 aromatic rings. The molecule has 0 fully saturated rings. The Labute approximate surface area is 144 Å². The Hall–Kier alpha value is -2.35. The maximum Gasteiger partial charge on any atom is 0.405 e. The second-order valence-corrected chi connectivity index (χ2v) is 5.76. The Balaban J connectivity index is 2.07. The number of rotatable bonds is 4. The predicted molar refractivity (Wildman–Crippen MR) is 86.9 cm³/mol. The molecule has 2 aromatic carbocycles. The van der Waals surface area contributed by atoms with Crippen LogP contribution in [-0.2, 0) is 0 Å². The first-order chi connectivity index (χ1) is 11.2. The van der Waals surface area contributed by atoms with Crippen molar-refractivity contribution >= 4 is 33.4 Å². The number of nitrogens with one attached hydrogen (secondary N) is 2. The quantitative estimate of drug-likeness (QED) is 0.814. The third-order valence-electron chi connectivity index (χ3n) is 2.92. The molecule has 2 amide bonds. The molecule has 0 aliphatic rings. The summed E-state index contributed by atoms with van der Waals surface area (Å²) in [6.45, 7) is -1.42. The third-order valence-corrected chi connectivity index (χ3v) is 3.41. The van der Waals surface area contributed by atoms with Crippen molar-refractivity contribution in [3.05, 3.63) is 64.1 Å². The molecular weight excluding hydrogens is 389 g/mol. The summed E-state index contributed by atoms with van der Waals surface area (Å²) in [7, 11) is 0. The molecule has 4 nitrogen and oxygen atoms in total. The molecule has 0 saturated heterocycles. The maximum atomic E-state index is 12.1. The number of anilines is 1. The highest BCUT2D eigenvalue weighted by Gasteiger charge is 2.27. The van der Waals surface area contributed by atoms with Gasteiger partial charge in [0.05, 0.1) is 0 Å². The van der Waals surface area contributed by atoms with Crippen molar-refractivity contribution in [2.45, 2.75) is 6.18 Å². The van der Waals surface area contributed by atoms with Gasteiger partial charge in [-0.05, 0) is 36.4 Å². The molecule has 2 N–H and O–H groups in total. The number of hydrogen-bond acceptors (Lipinski definition) is 2. The van der Waals surface area contributed by atoms with Crippen LogP contribution in [0.1, 0.15) is 20.7 Å². The van der Waals surface area contributed by atoms with Gasteiger partial charge in [0.2, 0.25) is 0 Å². The standard InChI is InChI=1S/C16H12BrF3N2O2/c17-12-5-1-3-10(7-12)15(24)22-13-6-2-4-11(8-13)14(23)21-9-16(18,19)20/h1-8H,9H2,(H,21,23)(H,22,24). The zero-order valence-electron chi connectivity index (χ0n) is 12.2. The first-order valence-corrected chi connectivity index (χ1v) is 7.56. The smallest absolute Gasteiger partial charge is 0.343 e. The largest absolute Gasteiger partial charge is 0.405 e. The van der Waals surface area contributed by atoms with Crippen LogP contribution in [0.3, 0.4) is 0 Å². The van der Waals surface area contributed by atoms with E-state index >= 15 is 0 Å². The van der Waals surface area contributed by atoms with Gasteiger partial charge in [0.15, 0.2) is 0 Å². The fourth-order valence-electron chi connectivity index (χ4n) is 1.85. The van der Waals surface area contributed by atoms with Crippen LogP contribution in [0.4, 0.5) is 18.9 Å². The summed E-state index contributed by atoms with van der Waals surface area (Å²) < 4.78 is 37.1. The molecule has 0 atom stereocenters. The van der Waals surface area contributed by atoms with Crippen molar-refractivity contribution in [2.75, 3.05) is 11.9 Å². The van der Waals surface area contributed by atoms with Gasteiger partial charge in [-0.3, -0.25) is 9.59 Å². The van der Waals surface area contributed by atoms with E-state index in [1.165, 1.54) is 24.3 Å². The minimum atomic E-state index is -4.48. The van der Waals surface area contributed by atoms with E-state index in [2.05, 4.69) is 21.2 Å². The van der Waals surface area contributed by atoms with Crippen molar-refractivity contribution in [3.63, 3.8) is 0 Å². The highest BCUT2D eigenvalue weighted by Crippen LogP contribution is 2.16. The number of hydrogen-bond donors (Lipinski definition) is 2. The molecule has 0 unspecified atom stereocenters. The number of halogens is 4. The van der Waals surface area contributed by atoms with Crippen molar-refractivity contribution in [1.29, 1.82) is 0 Å². The normalized spacial score (nSPS) is 11.0. The van der Waals surface area contributed by atoms with E-state index in [4.69, 9.17) is 0 Å². The van der Waals surface area contributed by atoms with Gasteiger partial charge in [0.25, 0.3) is 11.8 Å². The predicted octanol–water partition coefficient (Wildman–Crippen LogP) is 3.99. The van der Waals surface area contributed by atoms with E-state index < -0.39 is 24.5 Å². The molecule has 2 rings (SSSR count). The van der Waals surface area contributed by atoms with Gasteiger partial charge in [-0.25, -0.2) is 0 Å². The molecule has 0 saturated carbocycles. The van der Waals surface area contributed by atoms with E-state index in [-0.39, 0.29) is 5.56 Å². The topological polar surface area (TPSA) is 58.2 Å². The van der Waals surface area contributed by atoms with Gasteiger partial charge in [-0.15, -0.1) is 0 Å². The number of amides is 2. The highest BCUT2D eigenvalue weighted by atomic mass is 79.9. The molecule has 24 heavy (non-hydrogen) atoms. The molecular formula is C16H12BrF3N2O2. The van der Waals surface area contributed by atoms with E-state index in [1.807, 2.05) is 0 Å².